The molecular weight excluding hydrogens is 270 g/mol. The van der Waals surface area contributed by atoms with Crippen LogP contribution in [0.2, 0.25) is 0 Å². The zero-order valence-corrected chi connectivity index (χ0v) is 13.0. The summed E-state index contributed by atoms with van der Waals surface area (Å²) >= 11 is 1.73. The maximum Gasteiger partial charge on any atom is 0.222 e. The van der Waals surface area contributed by atoms with Crippen molar-refractivity contribution in [2.75, 3.05) is 31.2 Å². The molecule has 1 aromatic carbocycles. The maximum absolute atomic E-state index is 5.86. The molecule has 0 spiro atoms. The van der Waals surface area contributed by atoms with Crippen LogP contribution in [0.5, 0.6) is 0 Å². The summed E-state index contributed by atoms with van der Waals surface area (Å²) in [5.41, 5.74) is 1.34. The molecule has 3 nitrogen and oxygen atoms in total. The van der Waals surface area contributed by atoms with Crippen molar-refractivity contribution in [2.45, 2.75) is 42.6 Å². The fraction of sp³-hybridized carbons (Fsp3) is 0.625. The first-order chi connectivity index (χ1) is 9.83. The molecule has 0 radical (unpaired) electrons. The number of piperidine rings is 1. The minimum atomic E-state index is -0.480. The van der Waals surface area contributed by atoms with Gasteiger partial charge in [-0.2, -0.15) is 0 Å². The van der Waals surface area contributed by atoms with Crippen molar-refractivity contribution in [3.05, 3.63) is 24.3 Å². The van der Waals surface area contributed by atoms with Gasteiger partial charge in [0.25, 0.3) is 0 Å². The molecule has 0 unspecified atom stereocenters. The number of rotatable bonds is 4. The summed E-state index contributed by atoms with van der Waals surface area (Å²) in [5.74, 6) is 0. The number of para-hydroxylation sites is 1. The van der Waals surface area contributed by atoms with Crippen molar-refractivity contribution in [3.63, 3.8) is 0 Å². The molecule has 2 aliphatic heterocycles. The van der Waals surface area contributed by atoms with E-state index < -0.39 is 5.12 Å². The van der Waals surface area contributed by atoms with E-state index in [0.717, 1.165) is 6.42 Å². The summed E-state index contributed by atoms with van der Waals surface area (Å²) in [4.78, 5) is 3.78. The number of thioether (sulfide) groups is 1. The minimum Gasteiger partial charge on any atom is -0.371 e. The van der Waals surface area contributed by atoms with Gasteiger partial charge in [-0.15, -0.1) is 0 Å². The highest BCUT2D eigenvalue weighted by Gasteiger charge is 2.37. The number of nitrogens with zero attached hydrogens (tertiary/aromatic N) is 1. The van der Waals surface area contributed by atoms with Crippen LogP contribution < -0.4 is 4.90 Å². The van der Waals surface area contributed by atoms with Gasteiger partial charge in [-0.3, -0.25) is 0 Å². The predicted molar refractivity (Wildman–Crippen MR) is 83.3 cm³/mol. The second-order valence-corrected chi connectivity index (χ2v) is 6.62. The Labute approximate surface area is 125 Å². The highest BCUT2D eigenvalue weighted by Crippen LogP contribution is 2.44. The van der Waals surface area contributed by atoms with E-state index in [1.807, 2.05) is 0 Å². The third kappa shape index (κ3) is 2.97. The van der Waals surface area contributed by atoms with Crippen molar-refractivity contribution in [2.24, 2.45) is 0 Å². The van der Waals surface area contributed by atoms with Crippen LogP contribution in [0.15, 0.2) is 29.2 Å². The Kier molecular flexibility index (Phi) is 4.54. The van der Waals surface area contributed by atoms with Crippen LogP contribution >= 0.6 is 11.8 Å². The maximum atomic E-state index is 5.86. The molecule has 0 aliphatic carbocycles. The van der Waals surface area contributed by atoms with Gasteiger partial charge in [0.1, 0.15) is 0 Å². The van der Waals surface area contributed by atoms with Gasteiger partial charge in [0.2, 0.25) is 5.12 Å². The second kappa shape index (κ2) is 6.37. The summed E-state index contributed by atoms with van der Waals surface area (Å²) in [5, 5.41) is -0.480. The van der Waals surface area contributed by atoms with Crippen molar-refractivity contribution >= 4 is 17.4 Å². The Bertz CT molecular complexity index is 440. The molecule has 0 bridgehead atoms. The lowest BCUT2D eigenvalue weighted by atomic mass is 10.1. The Hall–Kier alpha value is -0.710. The van der Waals surface area contributed by atoms with E-state index in [4.69, 9.17) is 9.47 Å². The molecule has 0 saturated carbocycles. The van der Waals surface area contributed by atoms with Gasteiger partial charge in [0.05, 0.1) is 18.9 Å². The molecule has 0 N–H and O–H groups in total. The Morgan fingerprint density at radius 2 is 1.80 bits per heavy atom. The molecule has 0 aromatic heterocycles. The molecule has 2 fully saturated rings. The lowest BCUT2D eigenvalue weighted by molar-refractivity contribution is -0.0775. The lowest BCUT2D eigenvalue weighted by Gasteiger charge is -2.32. The molecule has 2 saturated heterocycles. The molecule has 0 atom stereocenters. The average Bonchev–Trinajstić information content (AvgIpc) is 2.98. The Balaban J connectivity index is 1.81. The number of hydrogen-bond acceptors (Lipinski definition) is 4. The first-order valence-electron chi connectivity index (χ1n) is 7.64. The van der Waals surface area contributed by atoms with E-state index in [0.29, 0.717) is 13.2 Å². The smallest absolute Gasteiger partial charge is 0.222 e. The standard InChI is InChI=1S/C16H23NO2S/c1-2-16(18-12-13-19-16)20-15-9-5-4-8-14(15)17-10-6-3-7-11-17/h4-5,8-9H,2-3,6-7,10-13H2,1H3. The number of benzene rings is 1. The van der Waals surface area contributed by atoms with E-state index in [9.17, 15) is 0 Å². The number of anilines is 1. The molecule has 2 heterocycles. The van der Waals surface area contributed by atoms with Crippen molar-refractivity contribution in [3.8, 4) is 0 Å². The zero-order valence-electron chi connectivity index (χ0n) is 12.1. The Morgan fingerprint density at radius 1 is 1.10 bits per heavy atom. The first-order valence-corrected chi connectivity index (χ1v) is 8.45. The van der Waals surface area contributed by atoms with Gasteiger partial charge >= 0.3 is 0 Å². The second-order valence-electron chi connectivity index (χ2n) is 5.35. The van der Waals surface area contributed by atoms with E-state index in [-0.39, 0.29) is 0 Å². The van der Waals surface area contributed by atoms with Gasteiger partial charge in [-0.05, 0) is 31.4 Å². The molecule has 110 valence electrons. The number of ether oxygens (including phenoxy) is 2. The van der Waals surface area contributed by atoms with Gasteiger partial charge in [0.15, 0.2) is 0 Å². The van der Waals surface area contributed by atoms with Crippen LogP contribution in [-0.4, -0.2) is 31.4 Å². The van der Waals surface area contributed by atoms with Gasteiger partial charge < -0.3 is 14.4 Å². The van der Waals surface area contributed by atoms with Crippen LogP contribution in [0.1, 0.15) is 32.6 Å². The molecule has 0 amide bonds. The molecule has 1 aromatic rings. The molecule has 2 aliphatic rings. The molecular formula is C16H23NO2S. The van der Waals surface area contributed by atoms with Crippen molar-refractivity contribution < 1.29 is 9.47 Å². The molecule has 20 heavy (non-hydrogen) atoms. The van der Waals surface area contributed by atoms with E-state index >= 15 is 0 Å². The molecule has 4 heteroatoms. The van der Waals surface area contributed by atoms with Gasteiger partial charge in [-0.25, -0.2) is 0 Å². The van der Waals surface area contributed by atoms with E-state index in [2.05, 4.69) is 36.1 Å². The van der Waals surface area contributed by atoms with Gasteiger partial charge in [-0.1, -0.05) is 30.8 Å². The normalized spacial score (nSPS) is 22.1. The Morgan fingerprint density at radius 3 is 2.50 bits per heavy atom. The van der Waals surface area contributed by atoms with Crippen molar-refractivity contribution in [1.29, 1.82) is 0 Å². The molecule has 3 rings (SSSR count). The third-order valence-corrected chi connectivity index (χ3v) is 5.39. The highest BCUT2D eigenvalue weighted by atomic mass is 32.2. The summed E-state index contributed by atoms with van der Waals surface area (Å²) in [6, 6.07) is 8.65. The largest absolute Gasteiger partial charge is 0.371 e. The van der Waals surface area contributed by atoms with Crippen LogP contribution in [0.4, 0.5) is 5.69 Å². The SMILES string of the molecule is CCC1(Sc2ccccc2N2CCCCC2)OCCO1. The number of hydrogen-bond donors (Lipinski definition) is 0. The van der Waals surface area contributed by atoms with Crippen LogP contribution in [0.3, 0.4) is 0 Å². The lowest BCUT2D eigenvalue weighted by Crippen LogP contribution is -2.30. The van der Waals surface area contributed by atoms with E-state index in [1.165, 1.54) is 42.9 Å². The third-order valence-electron chi connectivity index (χ3n) is 3.99. The summed E-state index contributed by atoms with van der Waals surface area (Å²) in [6.45, 7) is 5.86. The fourth-order valence-electron chi connectivity index (χ4n) is 2.88. The fourth-order valence-corrected chi connectivity index (χ4v) is 4.09. The summed E-state index contributed by atoms with van der Waals surface area (Å²) in [6.07, 6.45) is 4.82. The topological polar surface area (TPSA) is 21.7 Å². The first kappa shape index (κ1) is 14.2. The quantitative estimate of drug-likeness (QED) is 0.840. The average molecular weight is 293 g/mol. The van der Waals surface area contributed by atoms with Gasteiger partial charge in [0, 0.05) is 24.4 Å². The summed E-state index contributed by atoms with van der Waals surface area (Å²) < 4.78 is 11.7. The minimum absolute atomic E-state index is 0.480. The highest BCUT2D eigenvalue weighted by molar-refractivity contribution is 8.00. The van der Waals surface area contributed by atoms with Crippen LogP contribution in [-0.2, 0) is 9.47 Å². The van der Waals surface area contributed by atoms with Crippen molar-refractivity contribution in [1.82, 2.24) is 0 Å². The van der Waals surface area contributed by atoms with Crippen LogP contribution in [0, 0.1) is 0 Å². The van der Waals surface area contributed by atoms with E-state index in [1.54, 1.807) is 11.8 Å². The predicted octanol–water partition coefficient (Wildman–Crippen LogP) is 3.88. The summed E-state index contributed by atoms with van der Waals surface area (Å²) in [7, 11) is 0. The monoisotopic (exact) mass is 293 g/mol. The zero-order chi connectivity index (χ0) is 13.8. The van der Waals surface area contributed by atoms with Crippen LogP contribution in [0.25, 0.3) is 0 Å².